The fourth-order valence-corrected chi connectivity index (χ4v) is 1.47. The van der Waals surface area contributed by atoms with Gasteiger partial charge in [-0.25, -0.2) is 6.57 Å². The lowest BCUT2D eigenvalue weighted by atomic mass is 10.1. The van der Waals surface area contributed by atoms with E-state index < -0.39 is 6.04 Å². The van der Waals surface area contributed by atoms with Crippen molar-refractivity contribution in [2.24, 2.45) is 0 Å². The maximum absolute atomic E-state index is 11.7. The monoisotopic (exact) mass is 216 g/mol. The SMILES string of the molecule is [C-]#[N+]C(CC)C(=O)N[C@@H](C)c1ccccc1. The van der Waals surface area contributed by atoms with Crippen molar-refractivity contribution in [1.29, 1.82) is 0 Å². The van der Waals surface area contributed by atoms with E-state index >= 15 is 0 Å². The van der Waals surface area contributed by atoms with Crippen molar-refractivity contribution in [3.8, 4) is 0 Å². The van der Waals surface area contributed by atoms with Gasteiger partial charge in [-0.3, -0.25) is 4.79 Å². The Morgan fingerprint density at radius 2 is 2.06 bits per heavy atom. The molecule has 0 heterocycles. The minimum atomic E-state index is -0.564. The van der Waals surface area contributed by atoms with Crippen molar-refractivity contribution in [2.45, 2.75) is 32.4 Å². The fraction of sp³-hybridized carbons (Fsp3) is 0.385. The Hall–Kier alpha value is -1.82. The second-order valence-corrected chi connectivity index (χ2v) is 3.69. The fourth-order valence-electron chi connectivity index (χ4n) is 1.47. The van der Waals surface area contributed by atoms with E-state index in [1.54, 1.807) is 0 Å². The summed E-state index contributed by atoms with van der Waals surface area (Å²) in [5.41, 5.74) is 1.05. The zero-order chi connectivity index (χ0) is 12.0. The zero-order valence-corrected chi connectivity index (χ0v) is 9.60. The average Bonchev–Trinajstić information content (AvgIpc) is 2.31. The maximum atomic E-state index is 11.7. The van der Waals surface area contributed by atoms with Crippen LogP contribution in [0.5, 0.6) is 0 Å². The highest BCUT2D eigenvalue weighted by Gasteiger charge is 2.22. The van der Waals surface area contributed by atoms with Crippen LogP contribution in [0, 0.1) is 6.57 Å². The number of hydrogen-bond donors (Lipinski definition) is 1. The first-order chi connectivity index (χ1) is 7.69. The minimum absolute atomic E-state index is 0.0514. The first-order valence-electron chi connectivity index (χ1n) is 5.41. The summed E-state index contributed by atoms with van der Waals surface area (Å²) in [7, 11) is 0. The van der Waals surface area contributed by atoms with Crippen LogP contribution in [0.3, 0.4) is 0 Å². The third-order valence-corrected chi connectivity index (χ3v) is 2.50. The number of carbonyl (C=O) groups excluding carboxylic acids is 1. The highest BCUT2D eigenvalue weighted by Crippen LogP contribution is 2.11. The molecule has 3 heteroatoms. The van der Waals surface area contributed by atoms with E-state index in [9.17, 15) is 4.79 Å². The minimum Gasteiger partial charge on any atom is -0.343 e. The summed E-state index contributed by atoms with van der Waals surface area (Å²) in [5.74, 6) is -0.186. The molecular weight excluding hydrogens is 200 g/mol. The number of carbonyl (C=O) groups is 1. The first kappa shape index (κ1) is 12.3. The van der Waals surface area contributed by atoms with Crippen molar-refractivity contribution in [1.82, 2.24) is 5.32 Å². The molecule has 0 aliphatic heterocycles. The lowest BCUT2D eigenvalue weighted by Gasteiger charge is -2.14. The third kappa shape index (κ3) is 3.09. The molecule has 0 saturated carbocycles. The molecule has 0 spiro atoms. The van der Waals surface area contributed by atoms with Gasteiger partial charge >= 0.3 is 5.91 Å². The van der Waals surface area contributed by atoms with Gasteiger partial charge in [-0.15, -0.1) is 0 Å². The van der Waals surface area contributed by atoms with E-state index in [0.29, 0.717) is 6.42 Å². The molecule has 0 fully saturated rings. The predicted octanol–water partition coefficient (Wildman–Crippen LogP) is 2.56. The topological polar surface area (TPSA) is 33.5 Å². The van der Waals surface area contributed by atoms with E-state index in [1.807, 2.05) is 44.2 Å². The van der Waals surface area contributed by atoms with Crippen molar-refractivity contribution < 1.29 is 4.79 Å². The Kier molecular flexibility index (Phi) is 4.53. The molecule has 16 heavy (non-hydrogen) atoms. The van der Waals surface area contributed by atoms with Gasteiger partial charge in [0.05, 0.1) is 6.04 Å². The molecule has 0 radical (unpaired) electrons. The second-order valence-electron chi connectivity index (χ2n) is 3.69. The van der Waals surface area contributed by atoms with Crippen molar-refractivity contribution in [3.63, 3.8) is 0 Å². The molecule has 1 aromatic carbocycles. The summed E-state index contributed by atoms with van der Waals surface area (Å²) in [6.45, 7) is 10.7. The van der Waals surface area contributed by atoms with Gasteiger partial charge in [-0.2, -0.15) is 0 Å². The van der Waals surface area contributed by atoms with Gasteiger partial charge in [0.1, 0.15) is 0 Å². The summed E-state index contributed by atoms with van der Waals surface area (Å²) in [5, 5.41) is 2.85. The highest BCUT2D eigenvalue weighted by atomic mass is 16.2. The van der Waals surface area contributed by atoms with Crippen LogP contribution in [0.1, 0.15) is 31.9 Å². The Bertz CT molecular complexity index is 381. The number of nitrogens with zero attached hydrogens (tertiary/aromatic N) is 1. The standard InChI is InChI=1S/C13H16N2O/c1-4-12(14-3)13(16)15-10(2)11-8-6-5-7-9-11/h5-10,12H,4H2,1-2H3,(H,15,16)/t10-,12?/m0/s1. The smallest absolute Gasteiger partial charge is 0.303 e. The van der Waals surface area contributed by atoms with Crippen LogP contribution in [0.25, 0.3) is 4.85 Å². The summed E-state index contributed by atoms with van der Waals surface area (Å²) >= 11 is 0. The first-order valence-corrected chi connectivity index (χ1v) is 5.41. The van der Waals surface area contributed by atoms with E-state index in [4.69, 9.17) is 6.57 Å². The summed E-state index contributed by atoms with van der Waals surface area (Å²) in [4.78, 5) is 15.0. The molecule has 1 unspecified atom stereocenters. The van der Waals surface area contributed by atoms with Crippen LogP contribution in [-0.4, -0.2) is 11.9 Å². The van der Waals surface area contributed by atoms with Gasteiger partial charge in [-0.05, 0) is 12.5 Å². The van der Waals surface area contributed by atoms with Crippen LogP contribution in [-0.2, 0) is 4.79 Å². The van der Waals surface area contributed by atoms with E-state index in [1.165, 1.54) is 0 Å². The Balaban J connectivity index is 2.62. The number of hydrogen-bond acceptors (Lipinski definition) is 1. The molecule has 0 aliphatic rings. The summed E-state index contributed by atoms with van der Waals surface area (Å²) in [6.07, 6.45) is 0.552. The number of rotatable bonds is 4. The van der Waals surface area contributed by atoms with Crippen LogP contribution in [0.15, 0.2) is 30.3 Å². The molecule has 0 saturated heterocycles. The van der Waals surface area contributed by atoms with Crippen LogP contribution >= 0.6 is 0 Å². The van der Waals surface area contributed by atoms with Crippen LogP contribution < -0.4 is 5.32 Å². The van der Waals surface area contributed by atoms with E-state index in [-0.39, 0.29) is 11.9 Å². The molecule has 1 aromatic rings. The Labute approximate surface area is 96.3 Å². The second kappa shape index (κ2) is 5.92. The van der Waals surface area contributed by atoms with E-state index in [0.717, 1.165) is 5.56 Å². The van der Waals surface area contributed by atoms with Gasteiger partial charge in [0.25, 0.3) is 6.04 Å². The quantitative estimate of drug-likeness (QED) is 0.771. The largest absolute Gasteiger partial charge is 0.343 e. The number of nitrogens with one attached hydrogen (secondary N) is 1. The zero-order valence-electron chi connectivity index (χ0n) is 9.60. The molecule has 3 nitrogen and oxygen atoms in total. The van der Waals surface area contributed by atoms with Crippen LogP contribution in [0.4, 0.5) is 0 Å². The van der Waals surface area contributed by atoms with Gasteiger partial charge in [0.15, 0.2) is 0 Å². The molecule has 1 rings (SSSR count). The predicted molar refractivity (Wildman–Crippen MR) is 63.7 cm³/mol. The Morgan fingerprint density at radius 1 is 1.44 bits per heavy atom. The van der Waals surface area contributed by atoms with Gasteiger partial charge in [-0.1, -0.05) is 37.3 Å². The molecular formula is C13H16N2O. The number of benzene rings is 1. The summed E-state index contributed by atoms with van der Waals surface area (Å²) < 4.78 is 0. The molecule has 1 amide bonds. The average molecular weight is 216 g/mol. The van der Waals surface area contributed by atoms with Crippen molar-refractivity contribution in [3.05, 3.63) is 47.3 Å². The molecule has 0 bridgehead atoms. The summed E-state index contributed by atoms with van der Waals surface area (Å²) in [6, 6.07) is 9.11. The lowest BCUT2D eigenvalue weighted by molar-refractivity contribution is -0.122. The van der Waals surface area contributed by atoms with Gasteiger partial charge < -0.3 is 10.2 Å². The third-order valence-electron chi connectivity index (χ3n) is 2.50. The molecule has 2 atom stereocenters. The lowest BCUT2D eigenvalue weighted by Crippen LogP contribution is -2.34. The normalized spacial score (nSPS) is 13.6. The van der Waals surface area contributed by atoms with Crippen LogP contribution in [0.2, 0.25) is 0 Å². The van der Waals surface area contributed by atoms with E-state index in [2.05, 4.69) is 10.2 Å². The molecule has 0 aromatic heterocycles. The molecule has 1 N–H and O–H groups in total. The van der Waals surface area contributed by atoms with Gasteiger partial charge in [0, 0.05) is 6.42 Å². The Morgan fingerprint density at radius 3 is 2.56 bits per heavy atom. The maximum Gasteiger partial charge on any atom is 0.303 e. The highest BCUT2D eigenvalue weighted by molar-refractivity contribution is 5.83. The van der Waals surface area contributed by atoms with Crippen molar-refractivity contribution >= 4 is 5.91 Å². The molecule has 0 aliphatic carbocycles. The van der Waals surface area contributed by atoms with Gasteiger partial charge in [0.2, 0.25) is 0 Å². The molecule has 84 valence electrons. The van der Waals surface area contributed by atoms with Crippen molar-refractivity contribution in [2.75, 3.05) is 0 Å². The number of amides is 1.